The largest absolute Gasteiger partial charge is 0.412 e. The molecule has 0 radical (unpaired) electrons. The molecule has 0 bridgehead atoms. The minimum Gasteiger partial charge on any atom is -0.412 e. The third-order valence-electron chi connectivity index (χ3n) is 3.21. The third kappa shape index (κ3) is 7.56. The predicted octanol–water partition coefficient (Wildman–Crippen LogP) is 0.231. The Labute approximate surface area is 127 Å². The lowest BCUT2D eigenvalue weighted by molar-refractivity contribution is -0.118. The lowest BCUT2D eigenvalue weighted by Gasteiger charge is -2.30. The van der Waals surface area contributed by atoms with Crippen LogP contribution in [0.1, 0.15) is 33.6 Å². The Bertz CT molecular complexity index is 461. The zero-order valence-corrected chi connectivity index (χ0v) is 14.2. The van der Waals surface area contributed by atoms with E-state index >= 15 is 0 Å². The fraction of sp³-hybridized carbons (Fsp3) is 0.769. The van der Waals surface area contributed by atoms with Gasteiger partial charge in [0.2, 0.25) is 5.91 Å². The van der Waals surface area contributed by atoms with Crippen molar-refractivity contribution in [1.82, 2.24) is 10.2 Å². The first-order valence-electron chi connectivity index (χ1n) is 6.47. The summed E-state index contributed by atoms with van der Waals surface area (Å²) in [5, 5.41) is 2.67. The lowest BCUT2D eigenvalue weighted by atomic mass is 9.97. The van der Waals surface area contributed by atoms with Crippen LogP contribution in [0.5, 0.6) is 0 Å². The van der Waals surface area contributed by atoms with Gasteiger partial charge in [0, 0.05) is 11.6 Å². The van der Waals surface area contributed by atoms with Gasteiger partial charge in [-0.1, -0.05) is 6.58 Å². The summed E-state index contributed by atoms with van der Waals surface area (Å²) in [5.41, 5.74) is 0.360. The Morgan fingerprint density at radius 2 is 1.90 bits per heavy atom. The van der Waals surface area contributed by atoms with E-state index in [-0.39, 0.29) is 30.3 Å². The maximum absolute atomic E-state index is 11.6. The van der Waals surface area contributed by atoms with Gasteiger partial charge < -0.3 is 15.7 Å². The highest BCUT2D eigenvalue weighted by Crippen LogP contribution is 2.26. The fourth-order valence-corrected chi connectivity index (χ4v) is 2.65. The number of carbonyl (C=O) groups excluding carboxylic acids is 1. The smallest absolute Gasteiger partial charge is 0.270 e. The highest BCUT2D eigenvalue weighted by molar-refractivity contribution is 7.87. The van der Waals surface area contributed by atoms with Crippen LogP contribution in [0.25, 0.3) is 0 Å². The standard InChI is InChI=1S/C13H26N2O4S.H2O/c1-10(2)12(16)14-11(3)9-13(4,20(17,18)19)7-8-15(5)6;/h11H,1,7-9H2,2-6H3,(H,14,16)(H,17,18,19);1H2. The monoisotopic (exact) mass is 324 g/mol. The normalized spacial score (nSPS) is 15.8. The molecule has 0 aromatic carbocycles. The van der Waals surface area contributed by atoms with Gasteiger partial charge in [0.05, 0.1) is 4.75 Å². The summed E-state index contributed by atoms with van der Waals surface area (Å²) >= 11 is 0. The second-order valence-corrected chi connectivity index (χ2v) is 7.77. The van der Waals surface area contributed by atoms with Gasteiger partial charge in [0.15, 0.2) is 0 Å². The molecule has 1 amide bonds. The van der Waals surface area contributed by atoms with E-state index < -0.39 is 14.9 Å². The molecule has 0 aliphatic rings. The van der Waals surface area contributed by atoms with Crippen LogP contribution < -0.4 is 5.32 Å². The van der Waals surface area contributed by atoms with Crippen LogP contribution in [-0.2, 0) is 14.9 Å². The summed E-state index contributed by atoms with van der Waals surface area (Å²) in [6.45, 7) is 8.83. The van der Waals surface area contributed by atoms with Gasteiger partial charge in [-0.05, 0) is 54.3 Å². The van der Waals surface area contributed by atoms with Crippen molar-refractivity contribution >= 4 is 16.0 Å². The number of carbonyl (C=O) groups is 1. The molecule has 0 saturated carbocycles. The van der Waals surface area contributed by atoms with Crippen molar-refractivity contribution in [3.8, 4) is 0 Å². The third-order valence-corrected chi connectivity index (χ3v) is 4.83. The molecule has 7 nitrogen and oxygen atoms in total. The van der Waals surface area contributed by atoms with Crippen molar-refractivity contribution in [3.63, 3.8) is 0 Å². The number of hydrogen-bond donors (Lipinski definition) is 2. The van der Waals surface area contributed by atoms with Crippen LogP contribution in [0.15, 0.2) is 12.2 Å². The second-order valence-electron chi connectivity index (χ2n) is 5.84. The van der Waals surface area contributed by atoms with Crippen LogP contribution in [0.2, 0.25) is 0 Å². The van der Waals surface area contributed by atoms with E-state index in [1.165, 1.54) is 6.92 Å². The van der Waals surface area contributed by atoms with E-state index in [0.29, 0.717) is 12.1 Å². The zero-order valence-electron chi connectivity index (χ0n) is 13.4. The molecular formula is C13H28N2O5S. The minimum atomic E-state index is -4.21. The van der Waals surface area contributed by atoms with Gasteiger partial charge in [0.1, 0.15) is 0 Å². The maximum atomic E-state index is 11.6. The molecule has 0 aromatic rings. The average molecular weight is 324 g/mol. The predicted molar refractivity (Wildman–Crippen MR) is 83.8 cm³/mol. The molecule has 0 heterocycles. The number of nitrogens with zero attached hydrogens (tertiary/aromatic N) is 1. The number of hydrogen-bond acceptors (Lipinski definition) is 4. The minimum absolute atomic E-state index is 0. The summed E-state index contributed by atoms with van der Waals surface area (Å²) < 4.78 is 31.4. The molecule has 0 aliphatic carbocycles. The van der Waals surface area contributed by atoms with Gasteiger partial charge in [-0.15, -0.1) is 0 Å². The van der Waals surface area contributed by atoms with Crippen LogP contribution in [0, 0.1) is 0 Å². The quantitative estimate of drug-likeness (QED) is 0.489. The van der Waals surface area contributed by atoms with Gasteiger partial charge in [-0.3, -0.25) is 9.35 Å². The van der Waals surface area contributed by atoms with E-state index in [0.717, 1.165) is 0 Å². The Balaban J connectivity index is 0. The van der Waals surface area contributed by atoms with Crippen molar-refractivity contribution in [3.05, 3.63) is 12.2 Å². The molecule has 8 heteroatoms. The maximum Gasteiger partial charge on any atom is 0.270 e. The van der Waals surface area contributed by atoms with E-state index in [9.17, 15) is 17.8 Å². The number of nitrogens with one attached hydrogen (secondary N) is 1. The van der Waals surface area contributed by atoms with Crippen LogP contribution in [-0.4, -0.2) is 60.7 Å². The topological polar surface area (TPSA) is 118 Å². The SMILES string of the molecule is C=C(C)C(=O)NC(C)CC(C)(CCN(C)C)S(=O)(=O)O.O. The van der Waals surface area contributed by atoms with Crippen molar-refractivity contribution in [1.29, 1.82) is 0 Å². The van der Waals surface area contributed by atoms with E-state index in [4.69, 9.17) is 0 Å². The molecule has 0 rings (SSSR count). The average Bonchev–Trinajstić information content (AvgIpc) is 2.24. The molecule has 4 N–H and O–H groups in total. The van der Waals surface area contributed by atoms with E-state index in [1.54, 1.807) is 13.8 Å². The lowest BCUT2D eigenvalue weighted by Crippen LogP contribution is -2.45. The van der Waals surface area contributed by atoms with Gasteiger partial charge in [-0.25, -0.2) is 0 Å². The molecule has 0 fully saturated rings. The molecular weight excluding hydrogens is 296 g/mol. The van der Waals surface area contributed by atoms with Crippen molar-refractivity contribution in [2.45, 2.75) is 44.4 Å². The van der Waals surface area contributed by atoms with Gasteiger partial charge in [0.25, 0.3) is 10.1 Å². The first kappa shape index (κ1) is 22.3. The Hall–Kier alpha value is -0.960. The van der Waals surface area contributed by atoms with Crippen LogP contribution in [0.4, 0.5) is 0 Å². The molecule has 0 saturated heterocycles. The molecule has 0 aromatic heterocycles. The van der Waals surface area contributed by atoms with Crippen LogP contribution in [0.3, 0.4) is 0 Å². The van der Waals surface area contributed by atoms with Crippen molar-refractivity contribution in [2.75, 3.05) is 20.6 Å². The van der Waals surface area contributed by atoms with E-state index in [1.807, 2.05) is 19.0 Å². The first-order valence-corrected chi connectivity index (χ1v) is 7.91. The molecule has 0 aliphatic heterocycles. The van der Waals surface area contributed by atoms with Gasteiger partial charge >= 0.3 is 0 Å². The van der Waals surface area contributed by atoms with Crippen molar-refractivity contribution < 1.29 is 23.2 Å². The zero-order chi connectivity index (χ0) is 16.1. The molecule has 21 heavy (non-hydrogen) atoms. The van der Waals surface area contributed by atoms with Crippen LogP contribution >= 0.6 is 0 Å². The Morgan fingerprint density at radius 1 is 1.43 bits per heavy atom. The molecule has 2 unspecified atom stereocenters. The summed E-state index contributed by atoms with van der Waals surface area (Å²) in [4.78, 5) is 13.4. The Morgan fingerprint density at radius 3 is 2.24 bits per heavy atom. The fourth-order valence-electron chi connectivity index (χ4n) is 1.84. The summed E-state index contributed by atoms with van der Waals surface area (Å²) in [5.74, 6) is -0.317. The molecule has 2 atom stereocenters. The molecule has 126 valence electrons. The number of rotatable bonds is 8. The summed E-state index contributed by atoms with van der Waals surface area (Å²) in [6, 6.07) is -0.381. The molecule has 0 spiro atoms. The highest BCUT2D eigenvalue weighted by atomic mass is 32.2. The Kier molecular flexibility index (Phi) is 9.01. The first-order chi connectivity index (χ1) is 8.89. The second kappa shape index (κ2) is 8.47. The summed E-state index contributed by atoms with van der Waals surface area (Å²) in [6.07, 6.45) is 0.421. The number of amides is 1. The summed E-state index contributed by atoms with van der Waals surface area (Å²) in [7, 11) is -0.552. The highest BCUT2D eigenvalue weighted by Gasteiger charge is 2.39. The van der Waals surface area contributed by atoms with Crippen molar-refractivity contribution in [2.24, 2.45) is 0 Å². The van der Waals surface area contributed by atoms with E-state index in [2.05, 4.69) is 11.9 Å². The van der Waals surface area contributed by atoms with Gasteiger partial charge in [-0.2, -0.15) is 8.42 Å².